The normalized spacial score (nSPS) is 16.5. The summed E-state index contributed by atoms with van der Waals surface area (Å²) in [5.41, 5.74) is 3.16. The van der Waals surface area contributed by atoms with Crippen LogP contribution in [0.3, 0.4) is 0 Å². The Balaban J connectivity index is 1.43. The van der Waals surface area contributed by atoms with Crippen molar-refractivity contribution in [2.45, 2.75) is 42.6 Å². The molecule has 1 aliphatic carbocycles. The van der Waals surface area contributed by atoms with Crippen LogP contribution in [0.25, 0.3) is 15.9 Å². The third-order valence-corrected chi connectivity index (χ3v) is 7.68. The molecule has 2 unspecified atom stereocenters. The molecule has 0 saturated heterocycles. The molecule has 4 aromatic rings. The molecule has 2 heterocycles. The molecule has 2 aromatic carbocycles. The zero-order chi connectivity index (χ0) is 22.1. The van der Waals surface area contributed by atoms with E-state index in [0.29, 0.717) is 15.4 Å². The summed E-state index contributed by atoms with van der Waals surface area (Å²) in [7, 11) is 0. The van der Waals surface area contributed by atoms with Crippen LogP contribution in [0.2, 0.25) is 0 Å². The third kappa shape index (κ3) is 3.98. The number of nitrogens with zero attached hydrogens (tertiary/aromatic N) is 2. The van der Waals surface area contributed by atoms with Gasteiger partial charge in [-0.2, -0.15) is 0 Å². The molecule has 2 aromatic heterocycles. The van der Waals surface area contributed by atoms with Gasteiger partial charge < -0.3 is 5.32 Å². The quantitative estimate of drug-likeness (QED) is 0.331. The van der Waals surface area contributed by atoms with Crippen LogP contribution in [0.1, 0.15) is 36.9 Å². The molecule has 0 bridgehead atoms. The Bertz CT molecular complexity index is 1330. The minimum atomic E-state index is -0.400. The first-order valence-electron chi connectivity index (χ1n) is 10.7. The molecule has 162 valence electrons. The first-order valence-corrected chi connectivity index (χ1v) is 12.5. The number of nitrogens with one attached hydrogen (secondary N) is 1. The highest BCUT2D eigenvalue weighted by Gasteiger charge is 2.25. The molecule has 32 heavy (non-hydrogen) atoms. The molecule has 0 fully saturated rings. The molecule has 1 amide bonds. The second-order valence-corrected chi connectivity index (χ2v) is 10.1. The van der Waals surface area contributed by atoms with Gasteiger partial charge in [0.1, 0.15) is 4.83 Å². The fourth-order valence-electron chi connectivity index (χ4n) is 4.18. The molecule has 0 spiro atoms. The van der Waals surface area contributed by atoms with Gasteiger partial charge in [0.25, 0.3) is 5.56 Å². The molecule has 2 atom stereocenters. The van der Waals surface area contributed by atoms with Crippen molar-refractivity contribution in [2.75, 3.05) is 0 Å². The Labute approximate surface area is 194 Å². The van der Waals surface area contributed by atoms with E-state index in [1.54, 1.807) is 10.6 Å². The smallest absolute Gasteiger partial charge is 0.267 e. The molecule has 1 N–H and O–H groups in total. The van der Waals surface area contributed by atoms with Crippen molar-refractivity contribution in [1.29, 1.82) is 0 Å². The van der Waals surface area contributed by atoms with Crippen LogP contribution in [-0.2, 0) is 11.2 Å². The average molecular weight is 462 g/mol. The number of benzene rings is 2. The van der Waals surface area contributed by atoms with Gasteiger partial charge >= 0.3 is 0 Å². The van der Waals surface area contributed by atoms with E-state index >= 15 is 0 Å². The molecule has 5 rings (SSSR count). The Kier molecular flexibility index (Phi) is 5.85. The summed E-state index contributed by atoms with van der Waals surface area (Å²) in [5, 5.41) is 5.83. The summed E-state index contributed by atoms with van der Waals surface area (Å²) in [6.07, 6.45) is 3.06. The number of aromatic nitrogens is 2. The second kappa shape index (κ2) is 8.92. The number of carbonyl (C=O) groups is 1. The van der Waals surface area contributed by atoms with E-state index in [0.717, 1.165) is 24.9 Å². The monoisotopic (exact) mass is 461 g/mol. The highest BCUT2D eigenvalue weighted by molar-refractivity contribution is 8.00. The minimum absolute atomic E-state index is 0.0274. The number of fused-ring (bicyclic) bond motifs is 2. The van der Waals surface area contributed by atoms with Gasteiger partial charge in [0.15, 0.2) is 5.16 Å². The van der Waals surface area contributed by atoms with Crippen LogP contribution >= 0.6 is 23.1 Å². The zero-order valence-corrected chi connectivity index (χ0v) is 19.3. The van der Waals surface area contributed by atoms with Crippen LogP contribution in [0.5, 0.6) is 0 Å². The summed E-state index contributed by atoms with van der Waals surface area (Å²) in [6, 6.07) is 19.6. The van der Waals surface area contributed by atoms with Gasteiger partial charge in [0, 0.05) is 0 Å². The molecule has 0 saturated carbocycles. The first kappa shape index (κ1) is 21.0. The number of thiophene rings is 1. The summed E-state index contributed by atoms with van der Waals surface area (Å²) >= 11 is 2.76. The van der Waals surface area contributed by atoms with E-state index in [2.05, 4.69) is 23.5 Å². The predicted molar refractivity (Wildman–Crippen MR) is 131 cm³/mol. The van der Waals surface area contributed by atoms with E-state index in [1.807, 2.05) is 48.7 Å². The number of hydrogen-bond donors (Lipinski definition) is 1. The highest BCUT2D eigenvalue weighted by atomic mass is 32.2. The van der Waals surface area contributed by atoms with Crippen molar-refractivity contribution in [3.63, 3.8) is 0 Å². The van der Waals surface area contributed by atoms with E-state index in [9.17, 15) is 9.59 Å². The number of amides is 1. The van der Waals surface area contributed by atoms with E-state index in [4.69, 9.17) is 4.98 Å². The molecular formula is C25H23N3O2S2. The van der Waals surface area contributed by atoms with Gasteiger partial charge in [-0.15, -0.1) is 11.3 Å². The van der Waals surface area contributed by atoms with Crippen LogP contribution in [-0.4, -0.2) is 20.7 Å². The fraction of sp³-hybridized carbons (Fsp3) is 0.240. The van der Waals surface area contributed by atoms with Crippen molar-refractivity contribution >= 4 is 39.2 Å². The third-order valence-electron chi connectivity index (χ3n) is 5.82. The lowest BCUT2D eigenvalue weighted by molar-refractivity contribution is -0.121. The predicted octanol–water partition coefficient (Wildman–Crippen LogP) is 5.12. The number of hydrogen-bond acceptors (Lipinski definition) is 5. The van der Waals surface area contributed by atoms with Crippen LogP contribution in [0.15, 0.2) is 76.0 Å². The van der Waals surface area contributed by atoms with Crippen molar-refractivity contribution in [2.24, 2.45) is 0 Å². The van der Waals surface area contributed by atoms with Crippen LogP contribution in [0, 0.1) is 0 Å². The van der Waals surface area contributed by atoms with Crippen LogP contribution in [0.4, 0.5) is 0 Å². The Morgan fingerprint density at radius 1 is 1.16 bits per heavy atom. The SMILES string of the molecule is CC(Sc1nc2sccc2c(=O)n1-c1ccccc1)C(=O)NC1CCCc2ccccc21. The average Bonchev–Trinajstić information content (AvgIpc) is 3.29. The fourth-order valence-corrected chi connectivity index (χ4v) is 5.92. The number of rotatable bonds is 5. The zero-order valence-electron chi connectivity index (χ0n) is 17.7. The van der Waals surface area contributed by atoms with Crippen LogP contribution < -0.4 is 10.9 Å². The molecule has 0 radical (unpaired) electrons. The van der Waals surface area contributed by atoms with Gasteiger partial charge in [-0.05, 0) is 60.9 Å². The second-order valence-electron chi connectivity index (χ2n) is 7.92. The van der Waals surface area contributed by atoms with E-state index in [1.165, 1.54) is 34.2 Å². The lowest BCUT2D eigenvalue weighted by atomic mass is 9.88. The topological polar surface area (TPSA) is 64.0 Å². The van der Waals surface area contributed by atoms with Gasteiger partial charge in [0.2, 0.25) is 5.91 Å². The summed E-state index contributed by atoms with van der Waals surface area (Å²) in [5.74, 6) is -0.0446. The maximum Gasteiger partial charge on any atom is 0.267 e. The molecule has 7 heteroatoms. The lowest BCUT2D eigenvalue weighted by Gasteiger charge is -2.27. The number of aryl methyl sites for hydroxylation is 1. The Morgan fingerprint density at radius 3 is 2.78 bits per heavy atom. The van der Waals surface area contributed by atoms with Crippen molar-refractivity contribution in [3.8, 4) is 5.69 Å². The van der Waals surface area contributed by atoms with Crippen molar-refractivity contribution in [1.82, 2.24) is 14.9 Å². The van der Waals surface area contributed by atoms with Crippen molar-refractivity contribution < 1.29 is 4.79 Å². The number of para-hydroxylation sites is 1. The minimum Gasteiger partial charge on any atom is -0.348 e. The largest absolute Gasteiger partial charge is 0.348 e. The Morgan fingerprint density at radius 2 is 1.94 bits per heavy atom. The summed E-state index contributed by atoms with van der Waals surface area (Å²) in [4.78, 5) is 31.8. The van der Waals surface area contributed by atoms with Gasteiger partial charge in [-0.25, -0.2) is 4.98 Å². The lowest BCUT2D eigenvalue weighted by Crippen LogP contribution is -2.36. The van der Waals surface area contributed by atoms with Gasteiger partial charge in [-0.1, -0.05) is 54.2 Å². The maximum atomic E-state index is 13.2. The molecule has 0 aliphatic heterocycles. The van der Waals surface area contributed by atoms with E-state index in [-0.39, 0.29) is 17.5 Å². The number of thioether (sulfide) groups is 1. The molecule has 1 aliphatic rings. The number of carbonyl (C=O) groups excluding carboxylic acids is 1. The first-order chi connectivity index (χ1) is 15.6. The standard InChI is InChI=1S/C25H23N3O2S2/c1-16(22(29)26-21-13-7-9-17-8-5-6-12-19(17)21)32-25-27-23-20(14-15-31-23)24(30)28(25)18-10-3-2-4-11-18/h2-6,8,10-12,14-16,21H,7,9,13H2,1H3,(H,26,29). The summed E-state index contributed by atoms with van der Waals surface area (Å²) in [6.45, 7) is 1.87. The van der Waals surface area contributed by atoms with Gasteiger partial charge in [0.05, 0.1) is 22.4 Å². The molecular weight excluding hydrogens is 438 g/mol. The molecule has 5 nitrogen and oxygen atoms in total. The Hall–Kier alpha value is -2.90. The highest BCUT2D eigenvalue weighted by Crippen LogP contribution is 2.31. The van der Waals surface area contributed by atoms with E-state index < -0.39 is 5.25 Å². The van der Waals surface area contributed by atoms with Gasteiger partial charge in [-0.3, -0.25) is 14.2 Å². The summed E-state index contributed by atoms with van der Waals surface area (Å²) < 4.78 is 1.61. The maximum absolute atomic E-state index is 13.2. The van der Waals surface area contributed by atoms with Crippen molar-refractivity contribution in [3.05, 3.63) is 87.5 Å².